The number of carbonyl (C=O) groups is 1. The van der Waals surface area contributed by atoms with Gasteiger partial charge in [-0.25, -0.2) is 13.8 Å². The molecule has 146 valence electrons. The molecule has 27 heavy (non-hydrogen) atoms. The van der Waals surface area contributed by atoms with Crippen LogP contribution in [0.1, 0.15) is 5.82 Å². The van der Waals surface area contributed by atoms with E-state index in [9.17, 15) is 18.4 Å². The van der Waals surface area contributed by atoms with Crippen molar-refractivity contribution in [3.8, 4) is 0 Å². The minimum absolute atomic E-state index is 0.205. The van der Waals surface area contributed by atoms with Crippen LogP contribution in [0, 0.1) is 0 Å². The van der Waals surface area contributed by atoms with Crippen LogP contribution in [0.15, 0.2) is 29.1 Å². The van der Waals surface area contributed by atoms with Gasteiger partial charge in [-0.3, -0.25) is 14.5 Å². The maximum absolute atomic E-state index is 13.2. The van der Waals surface area contributed by atoms with Gasteiger partial charge in [0.15, 0.2) is 0 Å². The Hall–Kier alpha value is -2.43. The van der Waals surface area contributed by atoms with Crippen LogP contribution in [0.4, 0.5) is 8.78 Å². The average molecular weight is 381 g/mol. The lowest BCUT2D eigenvalue weighted by molar-refractivity contribution is -0.140. The van der Waals surface area contributed by atoms with Crippen LogP contribution in [0.3, 0.4) is 0 Å². The fraction of sp³-hybridized carbons (Fsp3) is 0.471. The molecule has 0 aliphatic carbocycles. The van der Waals surface area contributed by atoms with Crippen molar-refractivity contribution < 1.29 is 18.3 Å². The molecule has 1 unspecified atom stereocenters. The molecule has 10 heteroatoms. The van der Waals surface area contributed by atoms with E-state index in [0.717, 1.165) is 0 Å². The zero-order valence-electron chi connectivity index (χ0n) is 14.6. The molecule has 4 N–H and O–H groups in total. The Balaban J connectivity index is 1.63. The first-order valence-corrected chi connectivity index (χ1v) is 8.55. The number of morpholine rings is 1. The van der Waals surface area contributed by atoms with Gasteiger partial charge in [0.2, 0.25) is 0 Å². The number of rotatable bonds is 6. The molecule has 1 aromatic carbocycles. The summed E-state index contributed by atoms with van der Waals surface area (Å²) in [5.41, 5.74) is 5.31. The number of hydrogen-bond acceptors (Lipinski definition) is 6. The first-order valence-electron chi connectivity index (χ1n) is 8.55. The van der Waals surface area contributed by atoms with Crippen LogP contribution in [-0.2, 0) is 16.1 Å². The number of fused-ring (bicyclic) bond motifs is 1. The first-order chi connectivity index (χ1) is 12.9. The zero-order valence-corrected chi connectivity index (χ0v) is 14.6. The number of carbonyl (C=O) groups excluding carboxylic acids is 1. The number of nitrogens with two attached hydrogens (primary N) is 1. The number of aromatic amines is 1. The van der Waals surface area contributed by atoms with E-state index in [4.69, 9.17) is 10.5 Å². The normalized spacial score (nSPS) is 18.6. The Labute approximate surface area is 153 Å². The lowest BCUT2D eigenvalue weighted by Crippen LogP contribution is -2.52. The van der Waals surface area contributed by atoms with Crippen molar-refractivity contribution in [3.05, 3.63) is 40.4 Å². The second kappa shape index (κ2) is 8.07. The predicted molar refractivity (Wildman–Crippen MR) is 94.4 cm³/mol. The molecule has 0 saturated carbocycles. The van der Waals surface area contributed by atoms with E-state index < -0.39 is 31.0 Å². The predicted octanol–water partition coefficient (Wildman–Crippen LogP) is -0.166. The third kappa shape index (κ3) is 4.85. The number of alkyl halides is 2. The summed E-state index contributed by atoms with van der Waals surface area (Å²) < 4.78 is 31.7. The van der Waals surface area contributed by atoms with Gasteiger partial charge in [0.25, 0.3) is 17.4 Å². The Morgan fingerprint density at radius 3 is 3.00 bits per heavy atom. The molecule has 2 heterocycles. The Kier molecular flexibility index (Phi) is 5.78. The molecule has 0 bridgehead atoms. The molecule has 1 saturated heterocycles. The number of aromatic nitrogens is 2. The lowest BCUT2D eigenvalue weighted by Gasteiger charge is -2.32. The number of H-pyrrole nitrogens is 1. The van der Waals surface area contributed by atoms with E-state index in [1.807, 2.05) is 4.90 Å². The number of nitrogens with one attached hydrogen (secondary N) is 2. The van der Waals surface area contributed by atoms with Gasteiger partial charge in [0, 0.05) is 13.1 Å². The van der Waals surface area contributed by atoms with Gasteiger partial charge >= 0.3 is 0 Å². The monoisotopic (exact) mass is 381 g/mol. The molecule has 8 nitrogen and oxygen atoms in total. The van der Waals surface area contributed by atoms with E-state index in [1.54, 1.807) is 24.3 Å². The minimum Gasteiger partial charge on any atom is -0.366 e. The van der Waals surface area contributed by atoms with Crippen molar-refractivity contribution in [3.63, 3.8) is 0 Å². The highest BCUT2D eigenvalue weighted by atomic mass is 19.3. The molecule has 1 aliphatic rings. The smallest absolute Gasteiger partial charge is 0.277 e. The topological polar surface area (TPSA) is 113 Å². The standard InChI is InChI=1S/C17H21F2N5O3/c18-17(19,9-20)10-21-16(26)13-7-24(5-6-27-13)8-14-22-12-4-2-1-3-11(12)15(25)23-14/h1-4,13H,5-10,20H2,(H,21,26)(H,22,23,25). The van der Waals surface area contributed by atoms with Gasteiger partial charge in [-0.1, -0.05) is 12.1 Å². The zero-order chi connectivity index (χ0) is 19.4. The molecule has 1 atom stereocenters. The highest BCUT2D eigenvalue weighted by Crippen LogP contribution is 2.12. The van der Waals surface area contributed by atoms with Crippen LogP contribution >= 0.6 is 0 Å². The molecule has 0 radical (unpaired) electrons. The molecule has 3 rings (SSSR count). The lowest BCUT2D eigenvalue weighted by atomic mass is 10.2. The summed E-state index contributed by atoms with van der Waals surface area (Å²) in [6.07, 6.45) is -0.875. The van der Waals surface area contributed by atoms with Gasteiger partial charge in [-0.2, -0.15) is 0 Å². The summed E-state index contributed by atoms with van der Waals surface area (Å²) in [4.78, 5) is 33.3. The van der Waals surface area contributed by atoms with Crippen molar-refractivity contribution in [1.29, 1.82) is 0 Å². The largest absolute Gasteiger partial charge is 0.366 e. The summed E-state index contributed by atoms with van der Waals surface area (Å²) >= 11 is 0. The third-order valence-corrected chi connectivity index (χ3v) is 4.30. The molecular weight excluding hydrogens is 360 g/mol. The van der Waals surface area contributed by atoms with E-state index >= 15 is 0 Å². The van der Waals surface area contributed by atoms with Crippen LogP contribution in [0.5, 0.6) is 0 Å². The molecule has 0 spiro atoms. The maximum atomic E-state index is 13.2. The first kappa shape index (κ1) is 19.3. The van der Waals surface area contributed by atoms with Crippen molar-refractivity contribution >= 4 is 16.8 Å². The SMILES string of the molecule is NCC(F)(F)CNC(=O)C1CN(Cc2nc3ccccc3c(=O)[nH]2)CCO1. The van der Waals surface area contributed by atoms with Crippen LogP contribution < -0.4 is 16.6 Å². The Morgan fingerprint density at radius 2 is 2.22 bits per heavy atom. The number of benzene rings is 1. The van der Waals surface area contributed by atoms with E-state index in [1.165, 1.54) is 0 Å². The van der Waals surface area contributed by atoms with Crippen LogP contribution in [0.2, 0.25) is 0 Å². The van der Waals surface area contributed by atoms with Crippen molar-refractivity contribution in [2.45, 2.75) is 18.6 Å². The van der Waals surface area contributed by atoms with Gasteiger partial charge < -0.3 is 20.8 Å². The number of ether oxygens (including phenoxy) is 1. The van der Waals surface area contributed by atoms with E-state index in [2.05, 4.69) is 15.3 Å². The number of hydrogen-bond donors (Lipinski definition) is 3. The fourth-order valence-corrected chi connectivity index (χ4v) is 2.83. The molecule has 1 amide bonds. The summed E-state index contributed by atoms with van der Waals surface area (Å²) in [7, 11) is 0. The summed E-state index contributed by atoms with van der Waals surface area (Å²) in [6.45, 7) is -0.362. The highest BCUT2D eigenvalue weighted by Gasteiger charge is 2.31. The summed E-state index contributed by atoms with van der Waals surface area (Å²) in [5.74, 6) is -3.30. The van der Waals surface area contributed by atoms with Gasteiger partial charge in [-0.05, 0) is 12.1 Å². The molecule has 2 aromatic rings. The molecular formula is C17H21F2N5O3. The summed E-state index contributed by atoms with van der Waals surface area (Å²) in [6, 6.07) is 7.00. The maximum Gasteiger partial charge on any atom is 0.277 e. The van der Waals surface area contributed by atoms with Crippen molar-refractivity contribution in [2.75, 3.05) is 32.8 Å². The fourth-order valence-electron chi connectivity index (χ4n) is 2.83. The highest BCUT2D eigenvalue weighted by molar-refractivity contribution is 5.81. The van der Waals surface area contributed by atoms with Gasteiger partial charge in [0.1, 0.15) is 11.9 Å². The van der Waals surface area contributed by atoms with Crippen molar-refractivity contribution in [1.82, 2.24) is 20.2 Å². The Morgan fingerprint density at radius 1 is 1.44 bits per heavy atom. The Bertz CT molecular complexity index is 873. The molecule has 1 aromatic heterocycles. The van der Waals surface area contributed by atoms with Crippen LogP contribution in [0.25, 0.3) is 10.9 Å². The quantitative estimate of drug-likeness (QED) is 0.641. The minimum atomic E-state index is -3.15. The average Bonchev–Trinajstić information content (AvgIpc) is 2.66. The second-order valence-electron chi connectivity index (χ2n) is 6.40. The summed E-state index contributed by atoms with van der Waals surface area (Å²) in [5, 5.41) is 2.67. The molecule has 1 aliphatic heterocycles. The van der Waals surface area contributed by atoms with Crippen LogP contribution in [-0.4, -0.2) is 65.6 Å². The van der Waals surface area contributed by atoms with E-state index in [0.29, 0.717) is 29.8 Å². The van der Waals surface area contributed by atoms with Gasteiger partial charge in [0.05, 0.1) is 37.1 Å². The van der Waals surface area contributed by atoms with E-state index in [-0.39, 0.29) is 18.7 Å². The van der Waals surface area contributed by atoms with Gasteiger partial charge in [-0.15, -0.1) is 0 Å². The van der Waals surface area contributed by atoms with Crippen molar-refractivity contribution in [2.24, 2.45) is 5.73 Å². The number of para-hydroxylation sites is 1. The second-order valence-corrected chi connectivity index (χ2v) is 6.40. The number of halogens is 2. The number of nitrogens with zero attached hydrogens (tertiary/aromatic N) is 2. The number of amides is 1. The third-order valence-electron chi connectivity index (χ3n) is 4.30. The molecule has 1 fully saturated rings.